The number of nitrogens with one attached hydrogen (secondary N) is 1. The highest BCUT2D eigenvalue weighted by atomic mass is 32.2. The second-order valence-electron chi connectivity index (χ2n) is 6.61. The highest BCUT2D eigenvalue weighted by molar-refractivity contribution is 8.02. The van der Waals surface area contributed by atoms with Gasteiger partial charge in [0.25, 0.3) is 0 Å². The average molecular weight is 371 g/mol. The lowest BCUT2D eigenvalue weighted by molar-refractivity contribution is 0.242. The maximum Gasteiger partial charge on any atom is 0.127 e. The van der Waals surface area contributed by atoms with Crippen LogP contribution in [0.15, 0.2) is 59.6 Å². The molecule has 4 nitrogen and oxygen atoms in total. The molecule has 138 valence electrons. The molecule has 2 aromatic rings. The fourth-order valence-electron chi connectivity index (χ4n) is 3.02. The van der Waals surface area contributed by atoms with E-state index in [4.69, 9.17) is 15.2 Å². The van der Waals surface area contributed by atoms with Gasteiger partial charge in [-0.05, 0) is 61.1 Å². The molecule has 5 heteroatoms. The van der Waals surface area contributed by atoms with E-state index < -0.39 is 0 Å². The van der Waals surface area contributed by atoms with Crippen LogP contribution in [0.5, 0.6) is 11.5 Å². The molecular weight excluding hydrogens is 344 g/mol. The van der Waals surface area contributed by atoms with Crippen molar-refractivity contribution in [3.8, 4) is 11.5 Å². The highest BCUT2D eigenvalue weighted by Crippen LogP contribution is 2.34. The van der Waals surface area contributed by atoms with Crippen molar-refractivity contribution in [1.29, 1.82) is 0 Å². The number of methoxy groups -OCH3 is 1. The summed E-state index contributed by atoms with van der Waals surface area (Å²) in [5.74, 6) is 1.99. The first-order chi connectivity index (χ1) is 12.5. The first kappa shape index (κ1) is 18.7. The van der Waals surface area contributed by atoms with Gasteiger partial charge in [0.1, 0.15) is 17.0 Å². The summed E-state index contributed by atoms with van der Waals surface area (Å²) in [5.41, 5.74) is 9.60. The maximum atomic E-state index is 6.01. The van der Waals surface area contributed by atoms with Gasteiger partial charge in [-0.3, -0.25) is 0 Å². The van der Waals surface area contributed by atoms with Crippen molar-refractivity contribution in [1.82, 2.24) is 5.32 Å². The van der Waals surface area contributed by atoms with E-state index in [1.807, 2.05) is 38.1 Å². The number of thioether (sulfide) groups is 1. The van der Waals surface area contributed by atoms with Crippen molar-refractivity contribution < 1.29 is 9.47 Å². The number of allylic oxidation sites excluding steroid dienone is 1. The molecule has 0 aliphatic carbocycles. The van der Waals surface area contributed by atoms with Gasteiger partial charge in [0, 0.05) is 11.6 Å². The third-order valence-corrected chi connectivity index (χ3v) is 5.08. The lowest BCUT2D eigenvalue weighted by Crippen LogP contribution is -2.31. The number of nitrogens with two attached hydrogens (primary N) is 1. The van der Waals surface area contributed by atoms with Crippen molar-refractivity contribution in [2.75, 3.05) is 7.11 Å². The van der Waals surface area contributed by atoms with Crippen molar-refractivity contribution in [3.63, 3.8) is 0 Å². The van der Waals surface area contributed by atoms with Gasteiger partial charge < -0.3 is 20.5 Å². The second kappa shape index (κ2) is 8.52. The quantitative estimate of drug-likeness (QED) is 0.764. The van der Waals surface area contributed by atoms with E-state index in [2.05, 4.69) is 35.0 Å². The second-order valence-corrected chi connectivity index (χ2v) is 7.63. The van der Waals surface area contributed by atoms with Crippen LogP contribution >= 0.6 is 11.8 Å². The summed E-state index contributed by atoms with van der Waals surface area (Å²) in [6, 6.07) is 16.6. The Morgan fingerprint density at radius 2 is 1.69 bits per heavy atom. The fourth-order valence-corrected chi connectivity index (χ4v) is 3.75. The molecule has 0 saturated heterocycles. The topological polar surface area (TPSA) is 56.5 Å². The largest absolute Gasteiger partial charge is 0.497 e. The lowest BCUT2D eigenvalue weighted by Gasteiger charge is -2.21. The Labute approximate surface area is 159 Å². The van der Waals surface area contributed by atoms with Crippen LogP contribution in [-0.4, -0.2) is 18.7 Å². The zero-order chi connectivity index (χ0) is 18.5. The minimum Gasteiger partial charge on any atom is -0.497 e. The van der Waals surface area contributed by atoms with Gasteiger partial charge in [0.15, 0.2) is 0 Å². The Morgan fingerprint density at radius 1 is 1.04 bits per heavy atom. The van der Waals surface area contributed by atoms with Crippen LogP contribution in [0.3, 0.4) is 0 Å². The van der Waals surface area contributed by atoms with Crippen molar-refractivity contribution in [3.05, 3.63) is 70.8 Å². The summed E-state index contributed by atoms with van der Waals surface area (Å²) in [5, 5.41) is 5.52. The third-order valence-electron chi connectivity index (χ3n) is 4.28. The van der Waals surface area contributed by atoms with Crippen LogP contribution in [0.2, 0.25) is 0 Å². The molecule has 3 rings (SSSR count). The van der Waals surface area contributed by atoms with Crippen LogP contribution in [0, 0.1) is 0 Å². The fraction of sp³-hybridized carbons (Fsp3) is 0.333. The van der Waals surface area contributed by atoms with Crippen molar-refractivity contribution >= 4 is 11.8 Å². The predicted molar refractivity (Wildman–Crippen MR) is 108 cm³/mol. The van der Waals surface area contributed by atoms with E-state index in [-0.39, 0.29) is 17.5 Å². The van der Waals surface area contributed by atoms with E-state index in [0.29, 0.717) is 0 Å². The van der Waals surface area contributed by atoms with Gasteiger partial charge in [0.2, 0.25) is 0 Å². The minimum absolute atomic E-state index is 0.0769. The zero-order valence-corrected chi connectivity index (χ0v) is 16.3. The van der Waals surface area contributed by atoms with Gasteiger partial charge in [0.05, 0.1) is 13.2 Å². The SMILES string of the molecule is COc1ccc(CC(C2=CSC(N)N2)c2ccc(OC(C)C)cc2)cc1. The minimum atomic E-state index is -0.0769. The van der Waals surface area contributed by atoms with E-state index in [0.717, 1.165) is 23.6 Å². The van der Waals surface area contributed by atoms with Crippen LogP contribution < -0.4 is 20.5 Å². The molecule has 0 radical (unpaired) electrons. The lowest BCUT2D eigenvalue weighted by atomic mass is 9.89. The van der Waals surface area contributed by atoms with E-state index >= 15 is 0 Å². The Bertz CT molecular complexity index is 742. The molecule has 2 unspecified atom stereocenters. The van der Waals surface area contributed by atoms with E-state index in [1.54, 1.807) is 18.9 Å². The molecule has 0 saturated carbocycles. The first-order valence-electron chi connectivity index (χ1n) is 8.82. The molecule has 2 aromatic carbocycles. The normalized spacial score (nSPS) is 17.6. The maximum absolute atomic E-state index is 6.01. The van der Waals surface area contributed by atoms with Crippen LogP contribution in [0.1, 0.15) is 30.9 Å². The Hall–Kier alpha value is -2.11. The molecule has 26 heavy (non-hydrogen) atoms. The molecule has 0 bridgehead atoms. The molecular formula is C21H26N2O2S. The van der Waals surface area contributed by atoms with Crippen molar-refractivity contribution in [2.24, 2.45) is 5.73 Å². The molecule has 0 amide bonds. The van der Waals surface area contributed by atoms with Crippen LogP contribution in [-0.2, 0) is 6.42 Å². The average Bonchev–Trinajstić information content (AvgIpc) is 3.07. The van der Waals surface area contributed by atoms with E-state index in [9.17, 15) is 0 Å². The van der Waals surface area contributed by atoms with Crippen LogP contribution in [0.4, 0.5) is 0 Å². The standard InChI is InChI=1S/C21H26N2O2S/c1-14(2)25-18-10-6-16(7-11-18)19(20-13-26-21(22)23-20)12-15-4-8-17(24-3)9-5-15/h4-11,13-14,19,21,23H,12,22H2,1-3H3. The molecule has 0 spiro atoms. The Kier molecular flexibility index (Phi) is 6.12. The van der Waals surface area contributed by atoms with Gasteiger partial charge in [-0.15, -0.1) is 0 Å². The predicted octanol–water partition coefficient (Wildman–Crippen LogP) is 4.23. The molecule has 2 atom stereocenters. The van der Waals surface area contributed by atoms with Crippen LogP contribution in [0.25, 0.3) is 0 Å². The zero-order valence-electron chi connectivity index (χ0n) is 15.4. The Balaban J connectivity index is 1.83. The number of hydrogen-bond acceptors (Lipinski definition) is 5. The van der Waals surface area contributed by atoms with Gasteiger partial charge in [-0.2, -0.15) is 0 Å². The molecule has 0 aromatic heterocycles. The number of ether oxygens (including phenoxy) is 2. The van der Waals surface area contributed by atoms with Gasteiger partial charge in [-0.1, -0.05) is 36.0 Å². The summed E-state index contributed by atoms with van der Waals surface area (Å²) in [7, 11) is 1.68. The molecule has 1 aliphatic rings. The monoisotopic (exact) mass is 370 g/mol. The number of rotatable bonds is 7. The molecule has 0 fully saturated rings. The van der Waals surface area contributed by atoms with E-state index in [1.165, 1.54) is 11.1 Å². The third kappa shape index (κ3) is 4.74. The van der Waals surface area contributed by atoms with Crippen molar-refractivity contribution in [2.45, 2.75) is 37.8 Å². The first-order valence-corrected chi connectivity index (χ1v) is 9.76. The summed E-state index contributed by atoms with van der Waals surface area (Å²) in [4.78, 5) is 0. The molecule has 3 N–H and O–H groups in total. The number of benzene rings is 2. The molecule has 1 heterocycles. The summed E-state index contributed by atoms with van der Waals surface area (Å²) in [6.07, 6.45) is 1.06. The Morgan fingerprint density at radius 3 is 2.23 bits per heavy atom. The molecule has 1 aliphatic heterocycles. The van der Waals surface area contributed by atoms with Gasteiger partial charge >= 0.3 is 0 Å². The summed E-state index contributed by atoms with van der Waals surface area (Å²) in [6.45, 7) is 4.07. The number of hydrogen-bond donors (Lipinski definition) is 2. The smallest absolute Gasteiger partial charge is 0.127 e. The summed E-state index contributed by atoms with van der Waals surface area (Å²) >= 11 is 1.62. The van der Waals surface area contributed by atoms with Gasteiger partial charge in [-0.25, -0.2) is 0 Å². The highest BCUT2D eigenvalue weighted by Gasteiger charge is 2.23. The summed E-state index contributed by atoms with van der Waals surface area (Å²) < 4.78 is 11.0.